The van der Waals surface area contributed by atoms with E-state index in [0.717, 1.165) is 34.7 Å². The molecule has 0 bridgehead atoms. The number of benzene rings is 1. The minimum atomic E-state index is 0.718. The van der Waals surface area contributed by atoms with Crippen LogP contribution in [0.1, 0.15) is 19.4 Å². The zero-order chi connectivity index (χ0) is 12.8. The van der Waals surface area contributed by atoms with Gasteiger partial charge in [-0.25, -0.2) is 0 Å². The first-order valence-electron chi connectivity index (χ1n) is 6.02. The molecule has 1 atom stereocenters. The smallest absolute Gasteiger partial charge is 0.0230 e. The predicted octanol–water partition coefficient (Wildman–Crippen LogP) is 4.55. The molecule has 1 aromatic rings. The molecule has 17 heavy (non-hydrogen) atoms. The Labute approximate surface area is 122 Å². The maximum Gasteiger partial charge on any atom is 0.0230 e. The zero-order valence-electron chi connectivity index (χ0n) is 10.8. The summed E-state index contributed by atoms with van der Waals surface area (Å²) in [7, 11) is 2.19. The molecule has 1 rings (SSSR count). The van der Waals surface area contributed by atoms with Crippen molar-refractivity contribution in [1.29, 1.82) is 0 Å². The van der Waals surface area contributed by atoms with Crippen molar-refractivity contribution in [2.45, 2.75) is 20.4 Å². The second-order valence-electron chi connectivity index (χ2n) is 4.98. The lowest BCUT2D eigenvalue weighted by Crippen LogP contribution is -2.29. The molecule has 0 aromatic heterocycles. The largest absolute Gasteiger partial charge is 0.302 e. The Bertz CT molecular complexity index is 321. The molecule has 0 spiro atoms. The molecule has 1 aromatic carbocycles. The first kappa shape index (κ1) is 15.2. The molecule has 3 heteroatoms. The van der Waals surface area contributed by atoms with Crippen LogP contribution >= 0.6 is 31.9 Å². The van der Waals surface area contributed by atoms with Crippen LogP contribution in [0.25, 0.3) is 0 Å². The molecule has 0 fully saturated rings. The van der Waals surface area contributed by atoms with E-state index in [2.05, 4.69) is 81.9 Å². The number of nitrogens with zero attached hydrogens (tertiary/aromatic N) is 1. The fourth-order valence-electron chi connectivity index (χ4n) is 1.80. The lowest BCUT2D eigenvalue weighted by Gasteiger charge is -2.25. The van der Waals surface area contributed by atoms with Crippen molar-refractivity contribution in [3.05, 3.63) is 34.3 Å². The van der Waals surface area contributed by atoms with E-state index in [9.17, 15) is 0 Å². The molecule has 1 nitrogen and oxygen atoms in total. The Morgan fingerprint density at radius 2 is 1.76 bits per heavy atom. The van der Waals surface area contributed by atoms with Crippen molar-refractivity contribution in [1.82, 2.24) is 4.90 Å². The number of halogens is 2. The van der Waals surface area contributed by atoms with Crippen molar-refractivity contribution < 1.29 is 0 Å². The fourth-order valence-corrected chi connectivity index (χ4v) is 3.02. The number of hydrogen-bond donors (Lipinski definition) is 0. The molecule has 0 aliphatic carbocycles. The summed E-state index contributed by atoms with van der Waals surface area (Å²) >= 11 is 7.07. The van der Waals surface area contributed by atoms with Crippen LogP contribution in [-0.4, -0.2) is 23.8 Å². The van der Waals surface area contributed by atoms with Gasteiger partial charge < -0.3 is 4.90 Å². The monoisotopic (exact) mass is 361 g/mol. The Hall–Kier alpha value is 0.140. The minimum absolute atomic E-state index is 0.718. The van der Waals surface area contributed by atoms with E-state index in [-0.39, 0.29) is 0 Å². The summed E-state index contributed by atoms with van der Waals surface area (Å²) in [5.41, 5.74) is 1.37. The highest BCUT2D eigenvalue weighted by molar-refractivity contribution is 9.10. The lowest BCUT2D eigenvalue weighted by molar-refractivity contribution is 0.247. The van der Waals surface area contributed by atoms with Crippen LogP contribution in [0, 0.1) is 11.8 Å². The molecule has 96 valence electrons. The Kier molecular flexibility index (Phi) is 6.75. The van der Waals surface area contributed by atoms with Crippen molar-refractivity contribution in [2.75, 3.05) is 18.9 Å². The third-order valence-corrected chi connectivity index (χ3v) is 4.41. The van der Waals surface area contributed by atoms with E-state index >= 15 is 0 Å². The van der Waals surface area contributed by atoms with Crippen LogP contribution in [0.5, 0.6) is 0 Å². The Morgan fingerprint density at radius 1 is 1.18 bits per heavy atom. The first-order chi connectivity index (χ1) is 8.02. The lowest BCUT2D eigenvalue weighted by atomic mass is 9.97. The van der Waals surface area contributed by atoms with Crippen molar-refractivity contribution in [3.8, 4) is 0 Å². The molecule has 0 radical (unpaired) electrons. The SMILES string of the molecule is CC(C)C(CBr)CN(C)Cc1ccc(Br)cc1. The van der Waals surface area contributed by atoms with Gasteiger partial charge in [0.2, 0.25) is 0 Å². The summed E-state index contributed by atoms with van der Waals surface area (Å²) in [6, 6.07) is 8.57. The standard InChI is InChI=1S/C14H21Br2N/c1-11(2)13(8-15)10-17(3)9-12-4-6-14(16)7-5-12/h4-7,11,13H,8-10H2,1-3H3. The number of alkyl halides is 1. The van der Waals surface area contributed by atoms with E-state index in [1.54, 1.807) is 0 Å². The average Bonchev–Trinajstić information content (AvgIpc) is 2.28. The molecule has 0 heterocycles. The zero-order valence-corrected chi connectivity index (χ0v) is 14.0. The van der Waals surface area contributed by atoms with Gasteiger partial charge in [-0.05, 0) is 36.6 Å². The molecule has 0 N–H and O–H groups in total. The third-order valence-electron chi connectivity index (χ3n) is 3.05. The first-order valence-corrected chi connectivity index (χ1v) is 7.93. The van der Waals surface area contributed by atoms with E-state index < -0.39 is 0 Å². The van der Waals surface area contributed by atoms with Crippen LogP contribution in [0.2, 0.25) is 0 Å². The van der Waals surface area contributed by atoms with Gasteiger partial charge in [0.15, 0.2) is 0 Å². The topological polar surface area (TPSA) is 3.24 Å². The highest BCUT2D eigenvalue weighted by atomic mass is 79.9. The summed E-state index contributed by atoms with van der Waals surface area (Å²) in [6.07, 6.45) is 0. The summed E-state index contributed by atoms with van der Waals surface area (Å²) in [6.45, 7) is 6.74. The van der Waals surface area contributed by atoms with Crippen LogP contribution in [0.3, 0.4) is 0 Å². The van der Waals surface area contributed by atoms with Crippen molar-refractivity contribution in [2.24, 2.45) is 11.8 Å². The van der Waals surface area contributed by atoms with Gasteiger partial charge in [0.05, 0.1) is 0 Å². The normalized spacial score (nSPS) is 13.4. The fraction of sp³-hybridized carbons (Fsp3) is 0.571. The highest BCUT2D eigenvalue weighted by Crippen LogP contribution is 2.17. The van der Waals surface area contributed by atoms with E-state index in [1.807, 2.05) is 0 Å². The molecule has 0 aliphatic rings. The van der Waals surface area contributed by atoms with E-state index in [0.29, 0.717) is 0 Å². The second-order valence-corrected chi connectivity index (χ2v) is 6.54. The van der Waals surface area contributed by atoms with Crippen LogP contribution in [-0.2, 0) is 6.54 Å². The minimum Gasteiger partial charge on any atom is -0.302 e. The number of hydrogen-bond acceptors (Lipinski definition) is 1. The molecule has 0 amide bonds. The molecule has 1 unspecified atom stereocenters. The van der Waals surface area contributed by atoms with Crippen molar-refractivity contribution in [3.63, 3.8) is 0 Å². The van der Waals surface area contributed by atoms with Gasteiger partial charge in [-0.2, -0.15) is 0 Å². The summed E-state index contributed by atoms with van der Waals surface area (Å²) in [4.78, 5) is 2.40. The third kappa shape index (κ3) is 5.54. The van der Waals surface area contributed by atoms with Gasteiger partial charge >= 0.3 is 0 Å². The van der Waals surface area contributed by atoms with E-state index in [4.69, 9.17) is 0 Å². The van der Waals surface area contributed by atoms with Crippen LogP contribution < -0.4 is 0 Å². The van der Waals surface area contributed by atoms with Gasteiger partial charge in [0.1, 0.15) is 0 Å². The Morgan fingerprint density at radius 3 is 2.24 bits per heavy atom. The maximum atomic E-state index is 3.61. The van der Waals surface area contributed by atoms with Crippen LogP contribution in [0.4, 0.5) is 0 Å². The Balaban J connectivity index is 2.48. The predicted molar refractivity (Wildman–Crippen MR) is 82.6 cm³/mol. The molecular formula is C14H21Br2N. The average molecular weight is 363 g/mol. The second kappa shape index (κ2) is 7.55. The van der Waals surface area contributed by atoms with Gasteiger partial charge in [0, 0.05) is 22.9 Å². The van der Waals surface area contributed by atoms with Gasteiger partial charge in [-0.3, -0.25) is 0 Å². The summed E-state index contributed by atoms with van der Waals surface area (Å²) < 4.78 is 1.14. The van der Waals surface area contributed by atoms with Gasteiger partial charge in [0.25, 0.3) is 0 Å². The quantitative estimate of drug-likeness (QED) is 0.671. The molecule has 0 saturated heterocycles. The van der Waals surface area contributed by atoms with Gasteiger partial charge in [-0.1, -0.05) is 57.8 Å². The highest BCUT2D eigenvalue weighted by Gasteiger charge is 2.14. The van der Waals surface area contributed by atoms with Gasteiger partial charge in [-0.15, -0.1) is 0 Å². The molecule has 0 aliphatic heterocycles. The summed E-state index contributed by atoms with van der Waals surface area (Å²) in [5.74, 6) is 1.44. The molecular weight excluding hydrogens is 342 g/mol. The molecule has 0 saturated carbocycles. The van der Waals surface area contributed by atoms with Crippen LogP contribution in [0.15, 0.2) is 28.7 Å². The maximum absolute atomic E-state index is 3.61. The van der Waals surface area contributed by atoms with E-state index in [1.165, 1.54) is 5.56 Å². The number of rotatable bonds is 6. The van der Waals surface area contributed by atoms with Crippen molar-refractivity contribution >= 4 is 31.9 Å². The summed E-state index contributed by atoms with van der Waals surface area (Å²) in [5, 5.41) is 1.08.